The second-order valence-electron chi connectivity index (χ2n) is 7.79. The van der Waals surface area contributed by atoms with Gasteiger partial charge in [0.2, 0.25) is 5.91 Å². The second-order valence-corrected chi connectivity index (χ2v) is 7.79. The maximum Gasteiger partial charge on any atom is 0.227 e. The maximum atomic E-state index is 13.5. The number of carbonyl (C=O) groups excluding carboxylic acids is 1. The summed E-state index contributed by atoms with van der Waals surface area (Å²) in [5.74, 6) is 1.48. The lowest BCUT2D eigenvalue weighted by molar-refractivity contribution is -0.134. The zero-order chi connectivity index (χ0) is 21.8. The Hall–Kier alpha value is -3.35. The summed E-state index contributed by atoms with van der Waals surface area (Å²) in [5, 5.41) is 4.77. The van der Waals surface area contributed by atoms with Gasteiger partial charge in [0.25, 0.3) is 0 Å². The van der Waals surface area contributed by atoms with E-state index in [9.17, 15) is 4.79 Å². The Morgan fingerprint density at radius 3 is 2.68 bits per heavy atom. The number of hydrogen-bond donors (Lipinski definition) is 0. The minimum Gasteiger partial charge on any atom is -0.497 e. The highest BCUT2D eigenvalue weighted by atomic mass is 16.5. The highest BCUT2D eigenvalue weighted by molar-refractivity contribution is 5.81. The molecule has 7 nitrogen and oxygen atoms in total. The topological polar surface area (TPSA) is 69.5 Å². The van der Waals surface area contributed by atoms with Gasteiger partial charge in [-0.2, -0.15) is 5.10 Å². The number of piperidine rings is 1. The van der Waals surface area contributed by atoms with E-state index in [0.29, 0.717) is 11.5 Å². The lowest BCUT2D eigenvalue weighted by atomic mass is 9.94. The maximum absolute atomic E-state index is 13.5. The van der Waals surface area contributed by atoms with Gasteiger partial charge in [0, 0.05) is 43.3 Å². The van der Waals surface area contributed by atoms with E-state index < -0.39 is 0 Å². The van der Waals surface area contributed by atoms with Crippen molar-refractivity contribution in [2.75, 3.05) is 20.8 Å². The Labute approximate surface area is 182 Å². The Bertz CT molecular complexity index is 1050. The molecule has 0 radical (unpaired) electrons. The predicted molar refractivity (Wildman–Crippen MR) is 118 cm³/mol. The molecule has 1 aromatic carbocycles. The summed E-state index contributed by atoms with van der Waals surface area (Å²) in [5.41, 5.74) is 3.88. The number of amides is 1. The fourth-order valence-electron chi connectivity index (χ4n) is 4.30. The van der Waals surface area contributed by atoms with E-state index in [2.05, 4.69) is 4.98 Å². The first kappa shape index (κ1) is 20.9. The first-order chi connectivity index (χ1) is 15.1. The van der Waals surface area contributed by atoms with Crippen molar-refractivity contribution in [1.82, 2.24) is 19.7 Å². The highest BCUT2D eigenvalue weighted by Gasteiger charge is 2.32. The van der Waals surface area contributed by atoms with Gasteiger partial charge >= 0.3 is 0 Å². The standard InChI is InChI=1S/C24H28N4O3/c1-27-16-20(17-9-11-25-12-10-17)24(26-27)21-6-4-5-13-28(21)23(29)15-18-14-19(30-2)7-8-22(18)31-3/h7-12,14,16,21H,4-6,13,15H2,1-3H3/t21-/m1/s1. The van der Waals surface area contributed by atoms with Crippen LogP contribution < -0.4 is 9.47 Å². The van der Waals surface area contributed by atoms with Crippen molar-refractivity contribution >= 4 is 5.91 Å². The van der Waals surface area contributed by atoms with Crippen LogP contribution >= 0.6 is 0 Å². The molecular weight excluding hydrogens is 392 g/mol. The van der Waals surface area contributed by atoms with E-state index in [4.69, 9.17) is 14.6 Å². The van der Waals surface area contributed by atoms with Crippen molar-refractivity contribution in [3.8, 4) is 22.6 Å². The zero-order valence-electron chi connectivity index (χ0n) is 18.2. The van der Waals surface area contributed by atoms with Gasteiger partial charge < -0.3 is 14.4 Å². The quantitative estimate of drug-likeness (QED) is 0.607. The summed E-state index contributed by atoms with van der Waals surface area (Å²) in [6.45, 7) is 0.724. The van der Waals surface area contributed by atoms with Crippen LogP contribution in [0.5, 0.6) is 11.5 Å². The molecule has 0 N–H and O–H groups in total. The molecule has 0 saturated carbocycles. The molecule has 31 heavy (non-hydrogen) atoms. The van der Waals surface area contributed by atoms with Crippen molar-refractivity contribution in [1.29, 1.82) is 0 Å². The first-order valence-electron chi connectivity index (χ1n) is 10.5. The third-order valence-corrected chi connectivity index (χ3v) is 5.82. The largest absolute Gasteiger partial charge is 0.497 e. The van der Waals surface area contributed by atoms with Crippen LogP contribution in [0.1, 0.15) is 36.6 Å². The van der Waals surface area contributed by atoms with Crippen molar-refractivity contribution < 1.29 is 14.3 Å². The average Bonchev–Trinajstić information content (AvgIpc) is 3.21. The minimum atomic E-state index is -0.0535. The van der Waals surface area contributed by atoms with Crippen LogP contribution in [-0.2, 0) is 18.3 Å². The molecule has 162 valence electrons. The monoisotopic (exact) mass is 420 g/mol. The van der Waals surface area contributed by atoms with E-state index in [1.54, 1.807) is 26.6 Å². The molecule has 4 rings (SSSR count). The third kappa shape index (κ3) is 4.40. The van der Waals surface area contributed by atoms with Gasteiger partial charge in [-0.3, -0.25) is 14.5 Å². The fourth-order valence-corrected chi connectivity index (χ4v) is 4.30. The Balaban J connectivity index is 1.64. The zero-order valence-corrected chi connectivity index (χ0v) is 18.2. The number of methoxy groups -OCH3 is 2. The Morgan fingerprint density at radius 1 is 1.13 bits per heavy atom. The van der Waals surface area contributed by atoms with Crippen molar-refractivity contribution in [2.24, 2.45) is 7.05 Å². The molecule has 0 spiro atoms. The number of pyridine rings is 1. The molecule has 7 heteroatoms. The van der Waals surface area contributed by atoms with Crippen LogP contribution in [0.25, 0.3) is 11.1 Å². The lowest BCUT2D eigenvalue weighted by Crippen LogP contribution is -2.39. The second kappa shape index (κ2) is 9.20. The number of aromatic nitrogens is 3. The molecule has 1 atom stereocenters. The molecule has 1 fully saturated rings. The number of hydrogen-bond acceptors (Lipinski definition) is 5. The van der Waals surface area contributed by atoms with Crippen LogP contribution in [0.15, 0.2) is 48.9 Å². The van der Waals surface area contributed by atoms with Crippen LogP contribution in [0.3, 0.4) is 0 Å². The van der Waals surface area contributed by atoms with Gasteiger partial charge in [-0.25, -0.2) is 0 Å². The molecular formula is C24H28N4O3. The smallest absolute Gasteiger partial charge is 0.227 e. The highest BCUT2D eigenvalue weighted by Crippen LogP contribution is 2.36. The van der Waals surface area contributed by atoms with Gasteiger partial charge in [-0.05, 0) is 55.2 Å². The summed E-state index contributed by atoms with van der Waals surface area (Å²) in [6, 6.07) is 9.47. The van der Waals surface area contributed by atoms with Crippen LogP contribution in [0.2, 0.25) is 0 Å². The van der Waals surface area contributed by atoms with Crippen LogP contribution in [-0.4, -0.2) is 46.3 Å². The molecule has 0 bridgehead atoms. The van der Waals surface area contributed by atoms with Crippen molar-refractivity contribution in [3.63, 3.8) is 0 Å². The van der Waals surface area contributed by atoms with E-state index >= 15 is 0 Å². The predicted octanol–water partition coefficient (Wildman–Crippen LogP) is 3.80. The normalized spacial score (nSPS) is 16.2. The number of carbonyl (C=O) groups is 1. The third-order valence-electron chi connectivity index (χ3n) is 5.82. The summed E-state index contributed by atoms with van der Waals surface area (Å²) >= 11 is 0. The van der Waals surface area contributed by atoms with Gasteiger partial charge in [0.15, 0.2) is 0 Å². The molecule has 0 unspecified atom stereocenters. The molecule has 0 aliphatic carbocycles. The number of ether oxygens (including phenoxy) is 2. The van der Waals surface area contributed by atoms with Crippen LogP contribution in [0, 0.1) is 0 Å². The van der Waals surface area contributed by atoms with E-state index in [0.717, 1.165) is 48.2 Å². The SMILES string of the molecule is COc1ccc(OC)c(CC(=O)N2CCCC[C@@H]2c2nn(C)cc2-c2ccncc2)c1. The summed E-state index contributed by atoms with van der Waals surface area (Å²) in [6.07, 6.45) is 8.81. The molecule has 1 amide bonds. The molecule has 1 saturated heterocycles. The van der Waals surface area contributed by atoms with Gasteiger partial charge in [0.05, 0.1) is 32.4 Å². The summed E-state index contributed by atoms with van der Waals surface area (Å²) in [4.78, 5) is 19.6. The Morgan fingerprint density at radius 2 is 1.94 bits per heavy atom. The van der Waals surface area contributed by atoms with E-state index in [1.807, 2.05) is 53.2 Å². The molecule has 1 aliphatic rings. The van der Waals surface area contributed by atoms with Crippen molar-refractivity contribution in [2.45, 2.75) is 31.7 Å². The molecule has 1 aliphatic heterocycles. The van der Waals surface area contributed by atoms with E-state index in [1.165, 1.54) is 0 Å². The summed E-state index contributed by atoms with van der Waals surface area (Å²) < 4.78 is 12.6. The first-order valence-corrected chi connectivity index (χ1v) is 10.5. The lowest BCUT2D eigenvalue weighted by Gasteiger charge is -2.35. The molecule has 3 aromatic rings. The fraction of sp³-hybridized carbons (Fsp3) is 0.375. The van der Waals surface area contributed by atoms with E-state index in [-0.39, 0.29) is 18.4 Å². The molecule has 3 heterocycles. The van der Waals surface area contributed by atoms with Gasteiger partial charge in [-0.1, -0.05) is 0 Å². The van der Waals surface area contributed by atoms with Gasteiger partial charge in [-0.15, -0.1) is 0 Å². The van der Waals surface area contributed by atoms with Gasteiger partial charge in [0.1, 0.15) is 11.5 Å². The van der Waals surface area contributed by atoms with Crippen molar-refractivity contribution in [3.05, 3.63) is 60.2 Å². The Kier molecular flexibility index (Phi) is 6.21. The summed E-state index contributed by atoms with van der Waals surface area (Å²) in [7, 11) is 5.16. The number of nitrogens with zero attached hydrogens (tertiary/aromatic N) is 4. The van der Waals surface area contributed by atoms with Crippen LogP contribution in [0.4, 0.5) is 0 Å². The minimum absolute atomic E-state index is 0.0535. The number of benzene rings is 1. The number of likely N-dealkylation sites (tertiary alicyclic amines) is 1. The molecule has 2 aromatic heterocycles. The number of aryl methyl sites for hydroxylation is 1. The average molecular weight is 421 g/mol. The number of rotatable bonds is 6.